The fourth-order valence-electron chi connectivity index (χ4n) is 4.97. The second kappa shape index (κ2) is 13.7. The molecule has 1 unspecified atom stereocenters. The maximum atomic E-state index is 13.0. The number of benzene rings is 3. The molecule has 0 aliphatic heterocycles. The number of anilines is 1. The SMILES string of the molecule is C[C@@H](OC(=O)OC(C(=O)OC(C)(C)C)c1ccccc1N([O-])O)[C@H](NC(=O)OCC1c2ccccc2-c2ccccc21)C(=O)O. The van der Waals surface area contributed by atoms with Crippen LogP contribution >= 0.6 is 0 Å². The van der Waals surface area contributed by atoms with Crippen LogP contribution in [0.3, 0.4) is 0 Å². The first-order chi connectivity index (χ1) is 21.3. The monoisotopic (exact) mass is 621 g/mol. The van der Waals surface area contributed by atoms with Crippen LogP contribution in [-0.4, -0.2) is 58.9 Å². The molecule has 45 heavy (non-hydrogen) atoms. The highest BCUT2D eigenvalue weighted by Gasteiger charge is 2.36. The van der Waals surface area contributed by atoms with Crippen molar-refractivity contribution in [2.75, 3.05) is 11.8 Å². The summed E-state index contributed by atoms with van der Waals surface area (Å²) in [6, 6.07) is 18.9. The lowest BCUT2D eigenvalue weighted by Gasteiger charge is -2.29. The number of nitrogens with one attached hydrogen (secondary N) is 1. The molecule has 3 aromatic rings. The highest BCUT2D eigenvalue weighted by Crippen LogP contribution is 2.44. The van der Waals surface area contributed by atoms with Gasteiger partial charge in [0.1, 0.15) is 18.3 Å². The average molecular weight is 622 g/mol. The summed E-state index contributed by atoms with van der Waals surface area (Å²) in [5.74, 6) is -2.90. The van der Waals surface area contributed by atoms with Crippen molar-refractivity contribution in [1.82, 2.24) is 5.32 Å². The number of fused-ring (bicyclic) bond motifs is 3. The molecule has 13 nitrogen and oxygen atoms in total. The van der Waals surface area contributed by atoms with Gasteiger partial charge in [-0.1, -0.05) is 66.7 Å². The van der Waals surface area contributed by atoms with Gasteiger partial charge in [-0.25, -0.2) is 19.2 Å². The number of carbonyl (C=O) groups excluding carboxylic acids is 3. The van der Waals surface area contributed by atoms with E-state index in [0.29, 0.717) is 0 Å². The Morgan fingerprint density at radius 3 is 2.02 bits per heavy atom. The van der Waals surface area contributed by atoms with Crippen molar-refractivity contribution >= 4 is 29.9 Å². The van der Waals surface area contributed by atoms with Crippen molar-refractivity contribution in [2.45, 2.75) is 57.5 Å². The molecular weight excluding hydrogens is 588 g/mol. The van der Waals surface area contributed by atoms with Gasteiger partial charge in [-0.05, 0) is 56.0 Å². The van der Waals surface area contributed by atoms with Crippen LogP contribution in [0.5, 0.6) is 0 Å². The predicted octanol–water partition coefficient (Wildman–Crippen LogP) is 5.30. The van der Waals surface area contributed by atoms with Gasteiger partial charge in [0.05, 0.1) is 5.69 Å². The molecule has 0 saturated heterocycles. The van der Waals surface area contributed by atoms with E-state index in [1.54, 1.807) is 20.8 Å². The molecule has 0 saturated carbocycles. The molecule has 0 radical (unpaired) electrons. The average Bonchev–Trinajstić information content (AvgIpc) is 3.30. The number of hydrogen-bond acceptors (Lipinski definition) is 11. The lowest BCUT2D eigenvalue weighted by atomic mass is 9.98. The molecule has 3 N–H and O–H groups in total. The molecule has 0 spiro atoms. The van der Waals surface area contributed by atoms with E-state index in [9.17, 15) is 34.7 Å². The molecule has 0 heterocycles. The van der Waals surface area contributed by atoms with E-state index in [-0.39, 0.29) is 18.1 Å². The Morgan fingerprint density at radius 2 is 1.47 bits per heavy atom. The zero-order valence-corrected chi connectivity index (χ0v) is 25.0. The Balaban J connectivity index is 1.43. The summed E-state index contributed by atoms with van der Waals surface area (Å²) >= 11 is 0. The summed E-state index contributed by atoms with van der Waals surface area (Å²) in [4.78, 5) is 50.5. The number of alkyl carbamates (subject to hydrolysis) is 1. The Labute approximate surface area is 258 Å². The van der Waals surface area contributed by atoms with Crippen molar-refractivity contribution in [3.8, 4) is 11.1 Å². The Kier molecular flexibility index (Phi) is 9.95. The van der Waals surface area contributed by atoms with Crippen molar-refractivity contribution in [3.63, 3.8) is 0 Å². The van der Waals surface area contributed by atoms with E-state index in [1.807, 2.05) is 48.5 Å². The largest absolute Gasteiger partial charge is 0.733 e. The van der Waals surface area contributed by atoms with Gasteiger partial charge in [0, 0.05) is 11.5 Å². The first-order valence-corrected chi connectivity index (χ1v) is 14.0. The first-order valence-electron chi connectivity index (χ1n) is 14.0. The van der Waals surface area contributed by atoms with Crippen molar-refractivity contribution in [3.05, 3.63) is 94.7 Å². The van der Waals surface area contributed by atoms with Crippen molar-refractivity contribution in [1.29, 1.82) is 0 Å². The number of nitrogens with zero attached hydrogens (tertiary/aromatic N) is 1. The summed E-state index contributed by atoms with van der Waals surface area (Å²) < 4.78 is 21.0. The maximum Gasteiger partial charge on any atom is 0.509 e. The summed E-state index contributed by atoms with van der Waals surface area (Å²) in [6.07, 6.45) is -5.96. The fourth-order valence-corrected chi connectivity index (χ4v) is 4.97. The summed E-state index contributed by atoms with van der Waals surface area (Å²) in [7, 11) is 0. The van der Waals surface area contributed by atoms with Gasteiger partial charge in [-0.2, -0.15) is 0 Å². The molecule has 238 valence electrons. The first kappa shape index (κ1) is 32.8. The minimum atomic E-state index is -1.87. The smallest absolute Gasteiger partial charge is 0.509 e. The fraction of sp³-hybridized carbons (Fsp3) is 0.312. The molecule has 3 atom stereocenters. The third kappa shape index (κ3) is 7.88. The lowest BCUT2D eigenvalue weighted by molar-refractivity contribution is -0.167. The van der Waals surface area contributed by atoms with Gasteiger partial charge in [-0.15, -0.1) is 0 Å². The van der Waals surface area contributed by atoms with Crippen molar-refractivity contribution < 1.29 is 48.4 Å². The number of amides is 1. The zero-order valence-electron chi connectivity index (χ0n) is 25.0. The highest BCUT2D eigenvalue weighted by molar-refractivity contribution is 5.83. The Hall–Kier alpha value is -5.14. The minimum absolute atomic E-state index is 0.0813. The number of hydrogen-bond donors (Lipinski definition) is 3. The number of carbonyl (C=O) groups is 4. The molecule has 0 fully saturated rings. The van der Waals surface area contributed by atoms with E-state index in [4.69, 9.17) is 18.9 Å². The van der Waals surface area contributed by atoms with Gasteiger partial charge >= 0.3 is 24.2 Å². The molecule has 1 amide bonds. The van der Waals surface area contributed by atoms with Crippen LogP contribution in [0.2, 0.25) is 0 Å². The molecule has 4 rings (SSSR count). The number of ether oxygens (including phenoxy) is 4. The molecule has 1 aliphatic carbocycles. The van der Waals surface area contributed by atoms with Gasteiger partial charge < -0.3 is 39.8 Å². The van der Waals surface area contributed by atoms with E-state index >= 15 is 0 Å². The number of carboxylic acid groups (broad SMARTS) is 1. The number of rotatable bonds is 10. The highest BCUT2D eigenvalue weighted by atomic mass is 16.8. The van der Waals surface area contributed by atoms with Crippen LogP contribution in [0, 0.1) is 5.21 Å². The summed E-state index contributed by atoms with van der Waals surface area (Å²) in [5.41, 5.74) is 2.30. The van der Waals surface area contributed by atoms with E-state index in [0.717, 1.165) is 22.3 Å². The zero-order chi connectivity index (χ0) is 32.9. The maximum absolute atomic E-state index is 13.0. The molecule has 0 bridgehead atoms. The van der Waals surface area contributed by atoms with E-state index in [2.05, 4.69) is 5.32 Å². The van der Waals surface area contributed by atoms with Crippen LogP contribution in [0.15, 0.2) is 72.8 Å². The second-order valence-electron chi connectivity index (χ2n) is 11.2. The Bertz CT molecular complexity index is 1520. The Morgan fingerprint density at radius 1 is 0.911 bits per heavy atom. The molecular formula is C32H33N2O11-. The second-order valence-corrected chi connectivity index (χ2v) is 11.2. The third-order valence-corrected chi connectivity index (χ3v) is 6.89. The normalized spacial score (nSPS) is 14.2. The molecule has 3 aromatic carbocycles. The van der Waals surface area contributed by atoms with E-state index in [1.165, 1.54) is 31.2 Å². The van der Waals surface area contributed by atoms with Crippen LogP contribution in [0.1, 0.15) is 56.4 Å². The van der Waals surface area contributed by atoms with Crippen LogP contribution < -0.4 is 10.5 Å². The van der Waals surface area contributed by atoms with Gasteiger partial charge in [0.15, 0.2) is 6.04 Å². The summed E-state index contributed by atoms with van der Waals surface area (Å²) in [5, 5.41) is 32.7. The van der Waals surface area contributed by atoms with Crippen molar-refractivity contribution in [2.24, 2.45) is 0 Å². The molecule has 1 aliphatic rings. The number of carboxylic acids is 1. The molecule has 0 aromatic heterocycles. The summed E-state index contributed by atoms with van der Waals surface area (Å²) in [6.45, 7) is 5.79. The van der Waals surface area contributed by atoms with Gasteiger partial charge in [0.2, 0.25) is 6.10 Å². The third-order valence-electron chi connectivity index (χ3n) is 6.89. The quantitative estimate of drug-likeness (QED) is 0.151. The number of esters is 1. The minimum Gasteiger partial charge on any atom is -0.733 e. The predicted molar refractivity (Wildman–Crippen MR) is 159 cm³/mol. The van der Waals surface area contributed by atoms with Gasteiger partial charge in [0.25, 0.3) is 0 Å². The van der Waals surface area contributed by atoms with Crippen LogP contribution in [0.4, 0.5) is 15.3 Å². The molecule has 13 heteroatoms. The van der Waals surface area contributed by atoms with Gasteiger partial charge in [-0.3, -0.25) is 5.21 Å². The number of aliphatic carboxylic acids is 1. The standard InChI is InChI=1S/C32H33N2O11/c1-18(43-31(39)44-27(29(37)45-32(2,3)4)23-15-9-10-16-25(23)34(40)41)26(28(35)36)33-30(38)42-17-24-21-13-7-5-11-19(21)20-12-6-8-14-22(20)24/h5-16,18,24,26-27,40H,17H2,1-4H3,(H,33,38)(H,35,36)/q-1/t18-,26+,27?/m1/s1. The lowest BCUT2D eigenvalue weighted by Crippen LogP contribution is -2.49. The van der Waals surface area contributed by atoms with E-state index < -0.39 is 59.0 Å². The van der Waals surface area contributed by atoms with Crippen LogP contribution in [0.25, 0.3) is 11.1 Å². The topological polar surface area (TPSA) is 184 Å². The number of para-hydroxylation sites is 1. The van der Waals surface area contributed by atoms with Crippen LogP contribution in [-0.2, 0) is 28.5 Å².